The maximum absolute atomic E-state index is 11.7. The van der Waals surface area contributed by atoms with Crippen LogP contribution in [-0.2, 0) is 4.74 Å². The highest BCUT2D eigenvalue weighted by molar-refractivity contribution is 5.68. The van der Waals surface area contributed by atoms with E-state index in [-0.39, 0.29) is 6.04 Å². The van der Waals surface area contributed by atoms with Gasteiger partial charge in [-0.05, 0) is 40.8 Å². The maximum atomic E-state index is 11.7. The highest BCUT2D eigenvalue weighted by Gasteiger charge is 2.22. The zero-order valence-corrected chi connectivity index (χ0v) is 14.2. The van der Waals surface area contributed by atoms with Crippen LogP contribution in [0.25, 0.3) is 0 Å². The molecule has 0 saturated carbocycles. The lowest BCUT2D eigenvalue weighted by atomic mass is 10.1. The summed E-state index contributed by atoms with van der Waals surface area (Å²) in [7, 11) is 0. The van der Waals surface area contributed by atoms with E-state index in [0.29, 0.717) is 6.54 Å². The minimum Gasteiger partial charge on any atom is -0.444 e. The summed E-state index contributed by atoms with van der Waals surface area (Å²) in [5.41, 5.74) is -0.540. The number of alkyl carbamates (subject to hydrolysis) is 1. The van der Waals surface area contributed by atoms with Gasteiger partial charge in [0.05, 0.1) is 12.1 Å². The van der Waals surface area contributed by atoms with E-state index in [9.17, 15) is 10.1 Å². The Bertz CT molecular complexity index is 343. The first-order chi connectivity index (χ1) is 9.73. The smallest absolute Gasteiger partial charge is 0.407 e. The zero-order valence-electron chi connectivity index (χ0n) is 14.2. The van der Waals surface area contributed by atoms with E-state index < -0.39 is 17.7 Å². The summed E-state index contributed by atoms with van der Waals surface area (Å²) in [6.45, 7) is 15.0. The first kappa shape index (κ1) is 19.7. The number of hydrogen-bond acceptors (Lipinski definition) is 5. The Kier molecular flexibility index (Phi) is 8.98. The number of likely N-dealkylation sites (N-methyl/N-ethyl adjacent to an activating group) is 1. The fourth-order valence-corrected chi connectivity index (χ4v) is 1.83. The maximum Gasteiger partial charge on any atom is 0.407 e. The Hall–Kier alpha value is -1.32. The normalized spacial score (nSPS) is 14.4. The molecule has 0 aromatic heterocycles. The summed E-state index contributed by atoms with van der Waals surface area (Å²) in [6.07, 6.45) is -0.499. The van der Waals surface area contributed by atoms with Gasteiger partial charge in [0.25, 0.3) is 0 Å². The molecular formula is C15H30N4O2. The van der Waals surface area contributed by atoms with Crippen LogP contribution in [0.4, 0.5) is 4.79 Å². The summed E-state index contributed by atoms with van der Waals surface area (Å²) in [5.74, 6) is 0. The number of nitrogens with zero attached hydrogens (tertiary/aromatic N) is 2. The number of carbonyl (C=O) groups excluding carboxylic acids is 1. The van der Waals surface area contributed by atoms with Gasteiger partial charge < -0.3 is 15.0 Å². The van der Waals surface area contributed by atoms with Crippen LogP contribution in [-0.4, -0.2) is 54.9 Å². The van der Waals surface area contributed by atoms with Gasteiger partial charge in [-0.1, -0.05) is 13.8 Å². The second kappa shape index (κ2) is 9.59. The number of nitrogens with one attached hydrogen (secondary N) is 2. The molecular weight excluding hydrogens is 268 g/mol. The van der Waals surface area contributed by atoms with E-state index in [2.05, 4.69) is 35.5 Å². The van der Waals surface area contributed by atoms with Crippen molar-refractivity contribution in [3.05, 3.63) is 0 Å². The lowest BCUT2D eigenvalue weighted by Crippen LogP contribution is -2.50. The fraction of sp³-hybridized carbons (Fsp3) is 0.867. The van der Waals surface area contributed by atoms with Crippen molar-refractivity contribution in [2.75, 3.05) is 26.2 Å². The van der Waals surface area contributed by atoms with Crippen LogP contribution in [0.3, 0.4) is 0 Å². The standard InChI is InChI=1S/C15H30N4O2/c1-7-19(8-2)10-9-17-13(11-16)12(3)18-14(20)21-15(4,5)6/h12-13,17H,7-10H2,1-6H3,(H,18,20). The molecule has 0 aromatic rings. The predicted octanol–water partition coefficient (Wildman–Crippen LogP) is 1.72. The molecule has 0 fully saturated rings. The topological polar surface area (TPSA) is 77.4 Å². The number of ether oxygens (including phenoxy) is 1. The molecule has 2 unspecified atom stereocenters. The second-order valence-corrected chi connectivity index (χ2v) is 6.02. The van der Waals surface area contributed by atoms with E-state index in [0.717, 1.165) is 19.6 Å². The molecule has 0 saturated heterocycles. The van der Waals surface area contributed by atoms with Crippen molar-refractivity contribution in [2.45, 2.75) is 59.2 Å². The van der Waals surface area contributed by atoms with E-state index in [4.69, 9.17) is 4.74 Å². The largest absolute Gasteiger partial charge is 0.444 e. The molecule has 0 aliphatic rings. The quantitative estimate of drug-likeness (QED) is 0.713. The average Bonchev–Trinajstić information content (AvgIpc) is 2.36. The molecule has 2 atom stereocenters. The molecule has 0 bridgehead atoms. The SMILES string of the molecule is CCN(CC)CCNC(C#N)C(C)NC(=O)OC(C)(C)C. The van der Waals surface area contributed by atoms with Crippen molar-refractivity contribution < 1.29 is 9.53 Å². The Balaban J connectivity index is 4.22. The van der Waals surface area contributed by atoms with Crippen LogP contribution in [0.5, 0.6) is 0 Å². The van der Waals surface area contributed by atoms with Gasteiger partial charge >= 0.3 is 6.09 Å². The van der Waals surface area contributed by atoms with Crippen LogP contribution in [0.1, 0.15) is 41.5 Å². The third-order valence-corrected chi connectivity index (χ3v) is 3.07. The molecule has 0 aliphatic heterocycles. The Morgan fingerprint density at radius 3 is 2.33 bits per heavy atom. The Morgan fingerprint density at radius 1 is 1.33 bits per heavy atom. The zero-order chi connectivity index (χ0) is 16.5. The van der Waals surface area contributed by atoms with Crippen LogP contribution < -0.4 is 10.6 Å². The second-order valence-electron chi connectivity index (χ2n) is 6.02. The van der Waals surface area contributed by atoms with E-state index in [1.807, 2.05) is 0 Å². The number of amides is 1. The molecule has 2 N–H and O–H groups in total. The van der Waals surface area contributed by atoms with Gasteiger partial charge in [0.2, 0.25) is 0 Å². The van der Waals surface area contributed by atoms with Gasteiger partial charge in [0.1, 0.15) is 11.6 Å². The van der Waals surface area contributed by atoms with Crippen LogP contribution in [0.2, 0.25) is 0 Å². The van der Waals surface area contributed by atoms with Crippen LogP contribution in [0.15, 0.2) is 0 Å². The van der Waals surface area contributed by atoms with Gasteiger partial charge in [-0.15, -0.1) is 0 Å². The summed E-state index contributed by atoms with van der Waals surface area (Å²) in [6, 6.07) is 1.42. The lowest BCUT2D eigenvalue weighted by Gasteiger charge is -2.25. The number of rotatable bonds is 8. The molecule has 1 amide bonds. The molecule has 21 heavy (non-hydrogen) atoms. The van der Waals surface area contributed by atoms with Gasteiger partial charge in [0.15, 0.2) is 0 Å². The first-order valence-corrected chi connectivity index (χ1v) is 7.58. The molecule has 0 aliphatic carbocycles. The molecule has 0 spiro atoms. The molecule has 0 aromatic carbocycles. The van der Waals surface area contributed by atoms with Gasteiger partial charge in [-0.2, -0.15) is 5.26 Å². The minimum atomic E-state index is -0.540. The molecule has 122 valence electrons. The van der Waals surface area contributed by atoms with Gasteiger partial charge in [-0.3, -0.25) is 5.32 Å². The monoisotopic (exact) mass is 298 g/mol. The van der Waals surface area contributed by atoms with Crippen LogP contribution in [0, 0.1) is 11.3 Å². The Labute approximate surface area is 128 Å². The molecule has 0 radical (unpaired) electrons. The predicted molar refractivity (Wildman–Crippen MR) is 84.0 cm³/mol. The summed E-state index contributed by atoms with van der Waals surface area (Å²) >= 11 is 0. The molecule has 0 heterocycles. The van der Waals surface area contributed by atoms with Gasteiger partial charge in [-0.25, -0.2) is 4.79 Å². The van der Waals surface area contributed by atoms with E-state index in [1.165, 1.54) is 0 Å². The van der Waals surface area contributed by atoms with E-state index >= 15 is 0 Å². The molecule has 0 rings (SSSR count). The number of hydrogen-bond donors (Lipinski definition) is 2. The van der Waals surface area contributed by atoms with Crippen LogP contribution >= 0.6 is 0 Å². The van der Waals surface area contributed by atoms with Crippen molar-refractivity contribution >= 4 is 6.09 Å². The molecule has 6 heteroatoms. The minimum absolute atomic E-state index is 0.318. The number of carbonyl (C=O) groups is 1. The van der Waals surface area contributed by atoms with E-state index in [1.54, 1.807) is 27.7 Å². The summed E-state index contributed by atoms with van der Waals surface area (Å²) in [4.78, 5) is 14.0. The highest BCUT2D eigenvalue weighted by atomic mass is 16.6. The summed E-state index contributed by atoms with van der Waals surface area (Å²) in [5, 5.41) is 15.1. The van der Waals surface area contributed by atoms with Crippen molar-refractivity contribution in [1.82, 2.24) is 15.5 Å². The highest BCUT2D eigenvalue weighted by Crippen LogP contribution is 2.07. The molecule has 6 nitrogen and oxygen atoms in total. The van der Waals surface area contributed by atoms with Crippen molar-refractivity contribution in [3.63, 3.8) is 0 Å². The third-order valence-electron chi connectivity index (χ3n) is 3.07. The third kappa shape index (κ3) is 9.27. The first-order valence-electron chi connectivity index (χ1n) is 7.58. The average molecular weight is 298 g/mol. The lowest BCUT2D eigenvalue weighted by molar-refractivity contribution is 0.0503. The van der Waals surface area contributed by atoms with Crippen molar-refractivity contribution in [3.8, 4) is 6.07 Å². The van der Waals surface area contributed by atoms with Gasteiger partial charge in [0, 0.05) is 13.1 Å². The fourth-order valence-electron chi connectivity index (χ4n) is 1.83. The number of nitriles is 1. The Morgan fingerprint density at radius 2 is 1.90 bits per heavy atom. The van der Waals surface area contributed by atoms with Crippen molar-refractivity contribution in [2.24, 2.45) is 0 Å². The summed E-state index contributed by atoms with van der Waals surface area (Å²) < 4.78 is 5.19. The van der Waals surface area contributed by atoms with Crippen molar-refractivity contribution in [1.29, 1.82) is 5.26 Å².